The van der Waals surface area contributed by atoms with E-state index in [1.54, 1.807) is 16.9 Å². The quantitative estimate of drug-likeness (QED) is 0.470. The maximum absolute atomic E-state index is 14.2. The van der Waals surface area contributed by atoms with Crippen LogP contribution in [0.1, 0.15) is 36.8 Å². The summed E-state index contributed by atoms with van der Waals surface area (Å²) >= 11 is 6.29. The first-order valence-electron chi connectivity index (χ1n) is 9.96. The summed E-state index contributed by atoms with van der Waals surface area (Å²) in [6.45, 7) is 4.55. The van der Waals surface area contributed by atoms with E-state index in [1.165, 1.54) is 12.1 Å². The van der Waals surface area contributed by atoms with E-state index in [0.29, 0.717) is 35.1 Å². The molecule has 1 aliphatic heterocycles. The SMILES string of the molecule is CCn1ncc2c1-c1cnc(N)c(c1)O[C@H](C)c1cc(F)ccc1-n1nc(Cl)cc1C2. The molecule has 7 nitrogen and oxygen atoms in total. The number of nitrogens with two attached hydrogens (primary N) is 1. The average Bonchev–Trinajstić information content (AvgIpc) is 3.32. The predicted octanol–water partition coefficient (Wildman–Crippen LogP) is 4.57. The second-order valence-corrected chi connectivity index (χ2v) is 7.84. The van der Waals surface area contributed by atoms with E-state index < -0.39 is 6.10 Å². The number of nitrogens with zero attached hydrogens (tertiary/aromatic N) is 5. The van der Waals surface area contributed by atoms with Gasteiger partial charge in [-0.25, -0.2) is 14.1 Å². The van der Waals surface area contributed by atoms with Crippen molar-refractivity contribution in [3.8, 4) is 22.7 Å². The molecule has 1 atom stereocenters. The summed E-state index contributed by atoms with van der Waals surface area (Å²) in [5.74, 6) is 0.319. The Bertz CT molecular complexity index is 1300. The molecule has 4 heterocycles. The molecule has 158 valence electrons. The summed E-state index contributed by atoms with van der Waals surface area (Å²) < 4.78 is 24.0. The van der Waals surface area contributed by atoms with Gasteiger partial charge < -0.3 is 10.5 Å². The zero-order chi connectivity index (χ0) is 21.7. The summed E-state index contributed by atoms with van der Waals surface area (Å²) in [6.07, 6.45) is 3.56. The molecule has 2 bridgehead atoms. The maximum Gasteiger partial charge on any atom is 0.166 e. The highest BCUT2D eigenvalue weighted by molar-refractivity contribution is 6.29. The van der Waals surface area contributed by atoms with E-state index in [2.05, 4.69) is 15.2 Å². The Balaban J connectivity index is 1.81. The van der Waals surface area contributed by atoms with Crippen molar-refractivity contribution in [3.63, 3.8) is 0 Å². The van der Waals surface area contributed by atoms with Gasteiger partial charge in [0.2, 0.25) is 0 Å². The molecular formula is C22H20ClFN6O. The molecule has 4 aromatic rings. The second-order valence-electron chi connectivity index (χ2n) is 7.45. The van der Waals surface area contributed by atoms with Crippen LogP contribution < -0.4 is 10.5 Å². The van der Waals surface area contributed by atoms with Gasteiger partial charge in [0, 0.05) is 35.9 Å². The Kier molecular flexibility index (Phi) is 4.66. The number of rotatable bonds is 1. The fraction of sp³-hybridized carbons (Fsp3) is 0.227. The largest absolute Gasteiger partial charge is 0.482 e. The summed E-state index contributed by atoms with van der Waals surface area (Å²) in [5.41, 5.74) is 11.0. The molecule has 9 heteroatoms. The van der Waals surface area contributed by atoms with Gasteiger partial charge in [0.05, 0.1) is 23.3 Å². The van der Waals surface area contributed by atoms with Crippen LogP contribution in [0.25, 0.3) is 16.9 Å². The summed E-state index contributed by atoms with van der Waals surface area (Å²) in [6, 6.07) is 8.19. The lowest BCUT2D eigenvalue weighted by Gasteiger charge is -2.21. The molecular weight excluding hydrogens is 419 g/mol. The van der Waals surface area contributed by atoms with Gasteiger partial charge in [-0.2, -0.15) is 10.2 Å². The van der Waals surface area contributed by atoms with Crippen LogP contribution >= 0.6 is 11.6 Å². The molecule has 1 aliphatic rings. The number of hydrogen-bond donors (Lipinski definition) is 1. The number of hydrogen-bond acceptors (Lipinski definition) is 5. The highest BCUT2D eigenvalue weighted by atomic mass is 35.5. The summed E-state index contributed by atoms with van der Waals surface area (Å²) in [7, 11) is 0. The molecule has 0 saturated heterocycles. The van der Waals surface area contributed by atoms with E-state index in [9.17, 15) is 4.39 Å². The second kappa shape index (κ2) is 7.39. The molecule has 0 spiro atoms. The van der Waals surface area contributed by atoms with Gasteiger partial charge in [0.1, 0.15) is 11.9 Å². The van der Waals surface area contributed by atoms with Gasteiger partial charge in [-0.1, -0.05) is 11.6 Å². The first-order valence-corrected chi connectivity index (χ1v) is 10.3. The Morgan fingerprint density at radius 1 is 1.26 bits per heavy atom. The molecule has 0 amide bonds. The molecule has 31 heavy (non-hydrogen) atoms. The first-order chi connectivity index (χ1) is 14.9. The van der Waals surface area contributed by atoms with E-state index in [1.807, 2.05) is 36.9 Å². The number of ether oxygens (including phenoxy) is 1. The van der Waals surface area contributed by atoms with Crippen LogP contribution in [-0.4, -0.2) is 24.5 Å². The number of pyridine rings is 1. The predicted molar refractivity (Wildman–Crippen MR) is 116 cm³/mol. The third-order valence-electron chi connectivity index (χ3n) is 5.45. The van der Waals surface area contributed by atoms with Crippen molar-refractivity contribution in [2.45, 2.75) is 32.9 Å². The van der Waals surface area contributed by atoms with Crippen molar-refractivity contribution < 1.29 is 9.13 Å². The highest BCUT2D eigenvalue weighted by Gasteiger charge is 2.23. The van der Waals surface area contributed by atoms with E-state index in [0.717, 1.165) is 22.5 Å². The van der Waals surface area contributed by atoms with Crippen LogP contribution in [0, 0.1) is 5.82 Å². The topological polar surface area (TPSA) is 83.8 Å². The van der Waals surface area contributed by atoms with E-state index in [-0.39, 0.29) is 11.6 Å². The lowest BCUT2D eigenvalue weighted by Crippen LogP contribution is -2.13. The van der Waals surface area contributed by atoms with Gasteiger partial charge in [0.15, 0.2) is 16.7 Å². The molecule has 3 aromatic heterocycles. The standard InChI is InChI=1S/C22H20ClFN6O/c1-3-29-21-13(11-27-29)6-16-9-20(23)28-30(16)18-5-4-15(24)8-17(18)12(2)31-19-7-14(21)10-26-22(19)25/h4-5,7-12H,3,6H2,1-2H3,(H2,25,26)/t12-/m1/s1. The van der Waals surface area contributed by atoms with Crippen molar-refractivity contribution in [2.24, 2.45) is 0 Å². The average molecular weight is 439 g/mol. The Morgan fingerprint density at radius 2 is 2.10 bits per heavy atom. The fourth-order valence-electron chi connectivity index (χ4n) is 4.02. The van der Waals surface area contributed by atoms with Crippen molar-refractivity contribution in [1.82, 2.24) is 24.5 Å². The Labute approximate surface area is 183 Å². The zero-order valence-electron chi connectivity index (χ0n) is 17.0. The zero-order valence-corrected chi connectivity index (χ0v) is 17.8. The van der Waals surface area contributed by atoms with Crippen molar-refractivity contribution >= 4 is 17.4 Å². The molecule has 1 aromatic carbocycles. The number of nitrogen functional groups attached to an aromatic ring is 1. The highest BCUT2D eigenvalue weighted by Crippen LogP contribution is 2.36. The van der Waals surface area contributed by atoms with Gasteiger partial charge in [-0.3, -0.25) is 4.68 Å². The number of aromatic nitrogens is 5. The van der Waals surface area contributed by atoms with Crippen LogP contribution in [0.15, 0.2) is 42.7 Å². The number of aryl methyl sites for hydroxylation is 1. The van der Waals surface area contributed by atoms with Crippen molar-refractivity contribution in [3.05, 3.63) is 70.5 Å². The maximum atomic E-state index is 14.2. The molecule has 2 N–H and O–H groups in total. The fourth-order valence-corrected chi connectivity index (χ4v) is 4.22. The van der Waals surface area contributed by atoms with E-state index >= 15 is 0 Å². The van der Waals surface area contributed by atoms with Crippen LogP contribution in [0.4, 0.5) is 10.2 Å². The smallest absolute Gasteiger partial charge is 0.166 e. The molecule has 0 saturated carbocycles. The van der Waals surface area contributed by atoms with E-state index in [4.69, 9.17) is 22.1 Å². The monoisotopic (exact) mass is 438 g/mol. The number of halogens is 2. The molecule has 0 aliphatic carbocycles. The lowest BCUT2D eigenvalue weighted by molar-refractivity contribution is 0.226. The van der Waals surface area contributed by atoms with Gasteiger partial charge in [-0.05, 0) is 44.2 Å². The third-order valence-corrected chi connectivity index (χ3v) is 5.64. The van der Waals surface area contributed by atoms with Crippen LogP contribution in [-0.2, 0) is 13.0 Å². The molecule has 0 radical (unpaired) electrons. The van der Waals surface area contributed by atoms with Gasteiger partial charge in [0.25, 0.3) is 0 Å². The normalized spacial score (nSPS) is 15.2. The minimum atomic E-state index is -0.518. The third kappa shape index (κ3) is 3.33. The summed E-state index contributed by atoms with van der Waals surface area (Å²) in [5, 5.41) is 9.36. The van der Waals surface area contributed by atoms with Crippen LogP contribution in [0.3, 0.4) is 0 Å². The van der Waals surface area contributed by atoms with Gasteiger partial charge >= 0.3 is 0 Å². The Morgan fingerprint density at radius 3 is 2.90 bits per heavy atom. The number of fused-ring (bicyclic) bond motifs is 7. The summed E-state index contributed by atoms with van der Waals surface area (Å²) in [4.78, 5) is 4.34. The number of anilines is 1. The lowest BCUT2D eigenvalue weighted by atomic mass is 10.0. The molecule has 0 fully saturated rings. The minimum Gasteiger partial charge on any atom is -0.482 e. The minimum absolute atomic E-state index is 0.262. The molecule has 5 rings (SSSR count). The van der Waals surface area contributed by atoms with Crippen molar-refractivity contribution in [1.29, 1.82) is 0 Å². The molecule has 0 unspecified atom stereocenters. The van der Waals surface area contributed by atoms with Crippen LogP contribution in [0.2, 0.25) is 5.15 Å². The number of benzene rings is 1. The van der Waals surface area contributed by atoms with Crippen molar-refractivity contribution in [2.75, 3.05) is 5.73 Å². The first kappa shape index (κ1) is 19.6. The Hall–Kier alpha value is -3.39. The van der Waals surface area contributed by atoms with Gasteiger partial charge in [-0.15, -0.1) is 0 Å². The van der Waals surface area contributed by atoms with Crippen LogP contribution in [0.5, 0.6) is 5.75 Å².